The molecule has 1 amide bonds. The highest BCUT2D eigenvalue weighted by Crippen LogP contribution is 2.45. The lowest BCUT2D eigenvalue weighted by molar-refractivity contribution is -0.146. The minimum atomic E-state index is -0.389. The van der Waals surface area contributed by atoms with E-state index in [4.69, 9.17) is 5.26 Å². The van der Waals surface area contributed by atoms with E-state index in [1.54, 1.807) is 6.20 Å². The van der Waals surface area contributed by atoms with Crippen molar-refractivity contribution in [2.75, 3.05) is 6.54 Å². The van der Waals surface area contributed by atoms with Crippen LogP contribution >= 0.6 is 0 Å². The number of amides is 1. The smallest absolute Gasteiger partial charge is 0.229 e. The Labute approximate surface area is 142 Å². The van der Waals surface area contributed by atoms with Crippen molar-refractivity contribution in [3.05, 3.63) is 33.7 Å². The number of H-pyrrole nitrogens is 1. The van der Waals surface area contributed by atoms with Crippen molar-refractivity contribution in [3.8, 4) is 6.07 Å². The fraction of sp³-hybridized carbons (Fsp3) is 0.632. The Morgan fingerprint density at radius 2 is 2.08 bits per heavy atom. The van der Waals surface area contributed by atoms with Gasteiger partial charge >= 0.3 is 0 Å². The average molecular weight is 327 g/mol. The zero-order chi connectivity index (χ0) is 17.5. The summed E-state index contributed by atoms with van der Waals surface area (Å²) in [5.74, 6) is 0.926. The molecule has 1 saturated heterocycles. The molecule has 24 heavy (non-hydrogen) atoms. The van der Waals surface area contributed by atoms with Gasteiger partial charge in [-0.05, 0) is 31.1 Å². The van der Waals surface area contributed by atoms with Crippen molar-refractivity contribution in [2.45, 2.75) is 52.5 Å². The predicted molar refractivity (Wildman–Crippen MR) is 91.1 cm³/mol. The molecule has 3 rings (SSSR count). The maximum absolute atomic E-state index is 13.2. The second-order valence-electron chi connectivity index (χ2n) is 7.93. The zero-order valence-electron chi connectivity index (χ0n) is 14.6. The molecule has 2 heterocycles. The van der Waals surface area contributed by atoms with Crippen molar-refractivity contribution >= 4 is 5.91 Å². The number of nitrogens with one attached hydrogen (secondary N) is 1. The molecule has 0 radical (unpaired) electrons. The summed E-state index contributed by atoms with van der Waals surface area (Å²) in [6.45, 7) is 6.86. The first-order chi connectivity index (χ1) is 11.4. The van der Waals surface area contributed by atoms with Crippen LogP contribution in [0.25, 0.3) is 0 Å². The number of carbonyl (C=O) groups is 1. The van der Waals surface area contributed by atoms with E-state index >= 15 is 0 Å². The van der Waals surface area contributed by atoms with E-state index in [0.717, 1.165) is 19.3 Å². The molecule has 2 aliphatic rings. The molecule has 1 aromatic rings. The van der Waals surface area contributed by atoms with Gasteiger partial charge in [-0.15, -0.1) is 0 Å². The van der Waals surface area contributed by atoms with Crippen LogP contribution in [-0.4, -0.2) is 22.3 Å². The highest BCUT2D eigenvalue weighted by Gasteiger charge is 2.46. The Morgan fingerprint density at radius 3 is 2.67 bits per heavy atom. The average Bonchev–Trinajstić information content (AvgIpc) is 2.86. The molecular formula is C19H25N3O2. The van der Waals surface area contributed by atoms with E-state index in [9.17, 15) is 9.59 Å². The number of carbonyl (C=O) groups excluding carboxylic acids is 1. The van der Waals surface area contributed by atoms with Gasteiger partial charge in [-0.25, -0.2) is 0 Å². The zero-order valence-corrected chi connectivity index (χ0v) is 14.6. The molecule has 0 aromatic carbocycles. The quantitative estimate of drug-likeness (QED) is 0.927. The van der Waals surface area contributed by atoms with E-state index in [1.807, 2.05) is 24.8 Å². The van der Waals surface area contributed by atoms with E-state index in [-0.39, 0.29) is 28.4 Å². The number of likely N-dealkylation sites (tertiary alicyclic amines) is 1. The molecule has 1 saturated carbocycles. The van der Waals surface area contributed by atoms with Gasteiger partial charge in [0.1, 0.15) is 11.6 Å². The van der Waals surface area contributed by atoms with Crippen LogP contribution < -0.4 is 5.43 Å². The number of aromatic amines is 1. The highest BCUT2D eigenvalue weighted by molar-refractivity contribution is 5.83. The molecule has 128 valence electrons. The van der Waals surface area contributed by atoms with Crippen LogP contribution in [0.2, 0.25) is 0 Å². The first-order valence-corrected chi connectivity index (χ1v) is 8.78. The van der Waals surface area contributed by atoms with E-state index in [0.29, 0.717) is 23.9 Å². The summed E-state index contributed by atoms with van der Waals surface area (Å²) >= 11 is 0. The van der Waals surface area contributed by atoms with Gasteiger partial charge in [0, 0.05) is 29.9 Å². The summed E-state index contributed by atoms with van der Waals surface area (Å²) in [5.41, 5.74) is 0.00337. The van der Waals surface area contributed by atoms with Crippen LogP contribution in [0, 0.1) is 28.6 Å². The SMILES string of the molecule is C[C@@H]1C[C@@H](c2c[nH]cc(C#N)c2=O)N(C(=O)C(C)(C)C2CCC2)C1. The molecule has 0 spiro atoms. The summed E-state index contributed by atoms with van der Waals surface area (Å²) in [4.78, 5) is 30.6. The Bertz CT molecular complexity index is 740. The van der Waals surface area contributed by atoms with Crippen LogP contribution in [0.1, 0.15) is 63.6 Å². The number of aromatic nitrogens is 1. The van der Waals surface area contributed by atoms with Crippen molar-refractivity contribution in [3.63, 3.8) is 0 Å². The molecule has 5 nitrogen and oxygen atoms in total. The lowest BCUT2D eigenvalue weighted by Crippen LogP contribution is -2.47. The number of nitrogens with zero attached hydrogens (tertiary/aromatic N) is 2. The molecule has 0 bridgehead atoms. The molecule has 0 unspecified atom stereocenters. The second kappa shape index (κ2) is 6.08. The molecule has 1 aromatic heterocycles. The van der Waals surface area contributed by atoms with Gasteiger partial charge in [0.2, 0.25) is 11.3 Å². The Kier molecular flexibility index (Phi) is 4.25. The number of hydrogen-bond donors (Lipinski definition) is 1. The third-order valence-corrected chi connectivity index (χ3v) is 5.90. The van der Waals surface area contributed by atoms with Crippen molar-refractivity contribution < 1.29 is 4.79 Å². The highest BCUT2D eigenvalue weighted by atomic mass is 16.2. The number of pyridine rings is 1. The maximum Gasteiger partial charge on any atom is 0.229 e. The van der Waals surface area contributed by atoms with Gasteiger partial charge in [-0.2, -0.15) is 5.26 Å². The summed E-state index contributed by atoms with van der Waals surface area (Å²) in [6.07, 6.45) is 7.27. The summed E-state index contributed by atoms with van der Waals surface area (Å²) in [7, 11) is 0. The van der Waals surface area contributed by atoms with Crippen LogP contribution in [0.3, 0.4) is 0 Å². The second-order valence-corrected chi connectivity index (χ2v) is 7.93. The number of hydrogen-bond acceptors (Lipinski definition) is 3. The van der Waals surface area contributed by atoms with Gasteiger partial charge in [0.15, 0.2) is 0 Å². The monoisotopic (exact) mass is 327 g/mol. The van der Waals surface area contributed by atoms with Crippen molar-refractivity contribution in [1.82, 2.24) is 9.88 Å². The first kappa shape index (κ1) is 16.8. The molecule has 2 fully saturated rings. The number of nitriles is 1. The van der Waals surface area contributed by atoms with Crippen LogP contribution in [0.5, 0.6) is 0 Å². The normalized spacial score (nSPS) is 24.5. The van der Waals surface area contributed by atoms with Crippen molar-refractivity contribution in [1.29, 1.82) is 5.26 Å². The summed E-state index contributed by atoms with van der Waals surface area (Å²) < 4.78 is 0. The maximum atomic E-state index is 13.2. The molecule has 2 atom stereocenters. The molecule has 5 heteroatoms. The van der Waals surface area contributed by atoms with Gasteiger partial charge in [0.05, 0.1) is 6.04 Å². The van der Waals surface area contributed by atoms with Crippen LogP contribution in [0.15, 0.2) is 17.2 Å². The van der Waals surface area contributed by atoms with E-state index < -0.39 is 0 Å². The third kappa shape index (κ3) is 2.64. The van der Waals surface area contributed by atoms with Gasteiger partial charge < -0.3 is 9.88 Å². The van der Waals surface area contributed by atoms with Gasteiger partial charge in [0.25, 0.3) is 0 Å². The number of rotatable bonds is 3. The Hall–Kier alpha value is -2.09. The topological polar surface area (TPSA) is 77.0 Å². The minimum absolute atomic E-state index is 0.109. The predicted octanol–water partition coefficient (Wildman–Crippen LogP) is 2.98. The lowest BCUT2D eigenvalue weighted by atomic mass is 9.66. The van der Waals surface area contributed by atoms with E-state index in [1.165, 1.54) is 12.6 Å². The molecule has 1 aliphatic heterocycles. The summed E-state index contributed by atoms with van der Waals surface area (Å²) in [5, 5.41) is 9.10. The van der Waals surface area contributed by atoms with Crippen LogP contribution in [0.4, 0.5) is 0 Å². The van der Waals surface area contributed by atoms with E-state index in [2.05, 4.69) is 11.9 Å². The minimum Gasteiger partial charge on any atom is -0.366 e. The van der Waals surface area contributed by atoms with Gasteiger partial charge in [-0.1, -0.05) is 27.2 Å². The fourth-order valence-corrected chi connectivity index (χ4v) is 4.07. The molecule has 1 N–H and O–H groups in total. The first-order valence-electron chi connectivity index (χ1n) is 8.78. The third-order valence-electron chi connectivity index (χ3n) is 5.90. The standard InChI is InChI=1S/C19H25N3O2/c1-12-7-16(15-10-21-9-13(8-20)17(15)23)22(11-12)18(24)19(2,3)14-5-4-6-14/h9-10,12,14,16H,4-7,11H2,1-3H3,(H,21,23)/t12-,16+/m1/s1. The van der Waals surface area contributed by atoms with Crippen LogP contribution in [-0.2, 0) is 4.79 Å². The summed E-state index contributed by atoms with van der Waals surface area (Å²) in [6, 6.07) is 1.70. The fourth-order valence-electron chi connectivity index (χ4n) is 4.07. The Morgan fingerprint density at radius 1 is 1.38 bits per heavy atom. The lowest BCUT2D eigenvalue weighted by Gasteiger charge is -2.42. The van der Waals surface area contributed by atoms with Gasteiger partial charge in [-0.3, -0.25) is 9.59 Å². The Balaban J connectivity index is 1.94. The van der Waals surface area contributed by atoms with Crippen molar-refractivity contribution in [2.24, 2.45) is 17.3 Å². The molecule has 1 aliphatic carbocycles. The molecular weight excluding hydrogens is 302 g/mol. The largest absolute Gasteiger partial charge is 0.366 e.